The molecule has 0 radical (unpaired) electrons. The van der Waals surface area contributed by atoms with Crippen LogP contribution < -0.4 is 0 Å². The third-order valence-electron chi connectivity index (χ3n) is 3.97. The van der Waals surface area contributed by atoms with Crippen LogP contribution in [0.2, 0.25) is 0 Å². The molecule has 3 rings (SSSR count). The number of fused-ring (bicyclic) bond motifs is 1. The van der Waals surface area contributed by atoms with Crippen LogP contribution in [0.3, 0.4) is 0 Å². The maximum atomic E-state index is 5.63. The molecule has 1 aliphatic heterocycles. The Balaban J connectivity index is 2.04. The Morgan fingerprint density at radius 2 is 2.33 bits per heavy atom. The molecule has 1 saturated heterocycles. The van der Waals surface area contributed by atoms with Crippen LogP contribution >= 0.6 is 12.2 Å². The van der Waals surface area contributed by atoms with Gasteiger partial charge in [-0.3, -0.25) is 0 Å². The van der Waals surface area contributed by atoms with Gasteiger partial charge in [0, 0.05) is 19.1 Å². The zero-order chi connectivity index (χ0) is 12.7. The third kappa shape index (κ3) is 1.89. The maximum Gasteiger partial charge on any atom is 0.178 e. The van der Waals surface area contributed by atoms with Gasteiger partial charge < -0.3 is 14.3 Å². The van der Waals surface area contributed by atoms with Gasteiger partial charge in [-0.2, -0.15) is 0 Å². The summed E-state index contributed by atoms with van der Waals surface area (Å²) in [5.41, 5.74) is 3.61. The first kappa shape index (κ1) is 11.9. The molecular weight excluding hydrogens is 244 g/mol. The predicted octanol–water partition coefficient (Wildman–Crippen LogP) is 3.43. The van der Waals surface area contributed by atoms with Crippen molar-refractivity contribution < 1.29 is 4.74 Å². The smallest absolute Gasteiger partial charge is 0.178 e. The predicted molar refractivity (Wildman–Crippen MR) is 75.4 cm³/mol. The summed E-state index contributed by atoms with van der Waals surface area (Å²) in [5.74, 6) is 0.566. The van der Waals surface area contributed by atoms with Crippen LogP contribution in [0.4, 0.5) is 0 Å². The SMILES string of the molecule is Cc1cccc2c1[nH]c(=S)n2CC1CCOC1C. The Hall–Kier alpha value is -1.13. The molecule has 1 aromatic heterocycles. The molecule has 3 nitrogen and oxygen atoms in total. The molecule has 2 unspecified atom stereocenters. The number of nitrogens with zero attached hydrogens (tertiary/aromatic N) is 1. The second kappa shape index (κ2) is 4.52. The van der Waals surface area contributed by atoms with Crippen molar-refractivity contribution in [3.05, 3.63) is 28.5 Å². The molecule has 2 heterocycles. The third-order valence-corrected chi connectivity index (χ3v) is 4.29. The summed E-state index contributed by atoms with van der Waals surface area (Å²) >= 11 is 5.45. The summed E-state index contributed by atoms with van der Waals surface area (Å²) in [6, 6.07) is 6.33. The van der Waals surface area contributed by atoms with E-state index in [1.54, 1.807) is 0 Å². The van der Waals surface area contributed by atoms with Crippen molar-refractivity contribution in [1.82, 2.24) is 9.55 Å². The fourth-order valence-electron chi connectivity index (χ4n) is 2.76. The van der Waals surface area contributed by atoms with E-state index in [2.05, 4.69) is 41.6 Å². The van der Waals surface area contributed by atoms with E-state index < -0.39 is 0 Å². The standard InChI is InChI=1S/C14H18N2OS/c1-9-4-3-5-12-13(9)15-14(18)16(12)8-11-6-7-17-10(11)2/h3-5,10-11H,6-8H2,1-2H3,(H,15,18). The van der Waals surface area contributed by atoms with Crippen molar-refractivity contribution in [2.45, 2.75) is 32.9 Å². The molecule has 1 N–H and O–H groups in total. The van der Waals surface area contributed by atoms with Crippen molar-refractivity contribution in [2.24, 2.45) is 5.92 Å². The zero-order valence-corrected chi connectivity index (χ0v) is 11.6. The van der Waals surface area contributed by atoms with Gasteiger partial charge in [0.25, 0.3) is 0 Å². The maximum absolute atomic E-state index is 5.63. The number of ether oxygens (including phenoxy) is 1. The molecule has 4 heteroatoms. The quantitative estimate of drug-likeness (QED) is 0.840. The first-order chi connectivity index (χ1) is 8.66. The van der Waals surface area contributed by atoms with Gasteiger partial charge in [0.15, 0.2) is 4.77 Å². The first-order valence-corrected chi connectivity index (χ1v) is 6.87. The van der Waals surface area contributed by atoms with Crippen LogP contribution in [0.5, 0.6) is 0 Å². The summed E-state index contributed by atoms with van der Waals surface area (Å²) in [6.45, 7) is 6.09. The van der Waals surface area contributed by atoms with Crippen molar-refractivity contribution in [1.29, 1.82) is 0 Å². The van der Waals surface area contributed by atoms with Gasteiger partial charge in [-0.15, -0.1) is 0 Å². The topological polar surface area (TPSA) is 29.9 Å². The molecule has 2 atom stereocenters. The number of hydrogen-bond acceptors (Lipinski definition) is 2. The van der Waals surface area contributed by atoms with Crippen LogP contribution in [0.15, 0.2) is 18.2 Å². The van der Waals surface area contributed by atoms with E-state index in [0.717, 1.165) is 29.9 Å². The Morgan fingerprint density at radius 1 is 1.50 bits per heavy atom. The fourth-order valence-corrected chi connectivity index (χ4v) is 3.03. The Morgan fingerprint density at radius 3 is 3.06 bits per heavy atom. The number of imidazole rings is 1. The van der Waals surface area contributed by atoms with Gasteiger partial charge in [0.2, 0.25) is 0 Å². The molecule has 1 aromatic carbocycles. The minimum absolute atomic E-state index is 0.335. The van der Waals surface area contributed by atoms with Crippen LogP contribution in [-0.2, 0) is 11.3 Å². The largest absolute Gasteiger partial charge is 0.378 e. The first-order valence-electron chi connectivity index (χ1n) is 6.46. The second-order valence-corrected chi connectivity index (χ2v) is 5.52. The molecule has 1 aliphatic rings. The molecule has 0 amide bonds. The molecule has 1 fully saturated rings. The minimum atomic E-state index is 0.335. The van der Waals surface area contributed by atoms with Gasteiger partial charge in [0.05, 0.1) is 17.1 Å². The second-order valence-electron chi connectivity index (χ2n) is 5.13. The number of aromatic nitrogens is 2. The number of nitrogens with one attached hydrogen (secondary N) is 1. The van der Waals surface area contributed by atoms with Gasteiger partial charge in [-0.25, -0.2) is 0 Å². The van der Waals surface area contributed by atoms with E-state index in [4.69, 9.17) is 17.0 Å². The molecule has 0 spiro atoms. The van der Waals surface area contributed by atoms with E-state index >= 15 is 0 Å². The highest BCUT2D eigenvalue weighted by atomic mass is 32.1. The van der Waals surface area contributed by atoms with Crippen LogP contribution in [0, 0.1) is 17.6 Å². The lowest BCUT2D eigenvalue weighted by Crippen LogP contribution is -2.17. The van der Waals surface area contributed by atoms with Crippen LogP contribution in [0.25, 0.3) is 11.0 Å². The minimum Gasteiger partial charge on any atom is -0.378 e. The Kier molecular flexibility index (Phi) is 2.99. The summed E-state index contributed by atoms with van der Waals surface area (Å²) < 4.78 is 8.67. The Labute approximate surface area is 112 Å². The normalized spacial score (nSPS) is 23.9. The molecule has 18 heavy (non-hydrogen) atoms. The molecule has 0 saturated carbocycles. The summed E-state index contributed by atoms with van der Waals surface area (Å²) in [6.07, 6.45) is 1.46. The highest BCUT2D eigenvalue weighted by molar-refractivity contribution is 7.71. The number of hydrogen-bond donors (Lipinski definition) is 1. The number of para-hydroxylation sites is 1. The van der Waals surface area contributed by atoms with Crippen LogP contribution in [0.1, 0.15) is 18.9 Å². The zero-order valence-electron chi connectivity index (χ0n) is 10.8. The highest BCUT2D eigenvalue weighted by Crippen LogP contribution is 2.25. The summed E-state index contributed by atoms with van der Waals surface area (Å²) in [5, 5.41) is 0. The molecule has 0 bridgehead atoms. The van der Waals surface area contributed by atoms with E-state index in [-0.39, 0.29) is 0 Å². The van der Waals surface area contributed by atoms with Crippen molar-refractivity contribution in [2.75, 3.05) is 6.61 Å². The number of H-pyrrole nitrogens is 1. The molecule has 96 valence electrons. The lowest BCUT2D eigenvalue weighted by Gasteiger charge is -2.15. The molecule has 0 aliphatic carbocycles. The van der Waals surface area contributed by atoms with Gasteiger partial charge >= 0.3 is 0 Å². The summed E-state index contributed by atoms with van der Waals surface area (Å²) in [4.78, 5) is 3.32. The van der Waals surface area contributed by atoms with E-state index in [1.165, 1.54) is 11.1 Å². The fraction of sp³-hybridized carbons (Fsp3) is 0.500. The lowest BCUT2D eigenvalue weighted by molar-refractivity contribution is 0.102. The van der Waals surface area contributed by atoms with E-state index in [1.807, 2.05) is 0 Å². The van der Waals surface area contributed by atoms with Crippen molar-refractivity contribution in [3.63, 3.8) is 0 Å². The van der Waals surface area contributed by atoms with Crippen molar-refractivity contribution >= 4 is 23.3 Å². The highest BCUT2D eigenvalue weighted by Gasteiger charge is 2.25. The summed E-state index contributed by atoms with van der Waals surface area (Å²) in [7, 11) is 0. The van der Waals surface area contributed by atoms with Gasteiger partial charge in [-0.1, -0.05) is 12.1 Å². The van der Waals surface area contributed by atoms with E-state index in [0.29, 0.717) is 12.0 Å². The van der Waals surface area contributed by atoms with Crippen molar-refractivity contribution in [3.8, 4) is 0 Å². The molecule has 2 aromatic rings. The lowest BCUT2D eigenvalue weighted by atomic mass is 10.0. The number of aryl methyl sites for hydroxylation is 1. The number of benzene rings is 1. The van der Waals surface area contributed by atoms with E-state index in [9.17, 15) is 0 Å². The number of aromatic amines is 1. The molecular formula is C14H18N2OS. The number of rotatable bonds is 2. The van der Waals surface area contributed by atoms with Crippen LogP contribution in [-0.4, -0.2) is 22.3 Å². The van der Waals surface area contributed by atoms with Gasteiger partial charge in [0.1, 0.15) is 0 Å². The average molecular weight is 262 g/mol. The monoisotopic (exact) mass is 262 g/mol. The average Bonchev–Trinajstić information content (AvgIpc) is 2.87. The van der Waals surface area contributed by atoms with Gasteiger partial charge in [-0.05, 0) is 44.1 Å². The Bertz CT molecular complexity index is 628.